The summed E-state index contributed by atoms with van der Waals surface area (Å²) in [7, 11) is 0. The van der Waals surface area contributed by atoms with E-state index >= 15 is 0 Å². The molecule has 3 rings (SSSR count). The lowest BCUT2D eigenvalue weighted by atomic mass is 10.2. The molecule has 0 aliphatic carbocycles. The molecule has 0 bridgehead atoms. The fourth-order valence-electron chi connectivity index (χ4n) is 3.08. The summed E-state index contributed by atoms with van der Waals surface area (Å²) < 4.78 is 18.8. The van der Waals surface area contributed by atoms with Crippen molar-refractivity contribution in [2.45, 2.75) is 13.5 Å². The standard InChI is InChI=1S/C17H20ClFN4O2/c1-12-8-14(21-25-12)10-22-4-6-23(7-5-22)11-17(24)20-16-3-2-13(18)9-15(16)19/h2-3,8-9H,4-7,10-11H2,1H3,(H,20,24)/p+2. The molecule has 1 aliphatic heterocycles. The second-order valence-corrected chi connectivity index (χ2v) is 6.89. The zero-order valence-corrected chi connectivity index (χ0v) is 14.8. The summed E-state index contributed by atoms with van der Waals surface area (Å²) in [5.74, 6) is 0.115. The minimum Gasteiger partial charge on any atom is -0.361 e. The third-order valence-corrected chi connectivity index (χ3v) is 4.62. The number of hydrogen-bond donors (Lipinski definition) is 3. The van der Waals surface area contributed by atoms with Crippen molar-refractivity contribution in [2.24, 2.45) is 0 Å². The minimum atomic E-state index is -0.520. The largest absolute Gasteiger partial charge is 0.361 e. The molecule has 1 saturated heterocycles. The van der Waals surface area contributed by atoms with Gasteiger partial charge in [-0.25, -0.2) is 4.39 Å². The summed E-state index contributed by atoms with van der Waals surface area (Å²) in [5, 5.41) is 6.95. The summed E-state index contributed by atoms with van der Waals surface area (Å²) in [6.45, 7) is 6.76. The highest BCUT2D eigenvalue weighted by atomic mass is 35.5. The highest BCUT2D eigenvalue weighted by Crippen LogP contribution is 2.18. The molecule has 25 heavy (non-hydrogen) atoms. The lowest BCUT2D eigenvalue weighted by Gasteiger charge is -2.28. The minimum absolute atomic E-state index is 0.166. The van der Waals surface area contributed by atoms with Crippen LogP contribution >= 0.6 is 11.6 Å². The lowest BCUT2D eigenvalue weighted by molar-refractivity contribution is -1.02. The SMILES string of the molecule is Cc1cc(C[NH+]2CC[NH+](CC(=O)Nc3ccc(Cl)cc3F)CC2)no1. The Labute approximate surface area is 150 Å². The van der Waals surface area contributed by atoms with Gasteiger partial charge in [0.2, 0.25) is 0 Å². The molecule has 3 N–H and O–H groups in total. The number of piperazine rings is 1. The Morgan fingerprint density at radius 2 is 2.00 bits per heavy atom. The third kappa shape index (κ3) is 5.01. The number of aromatic nitrogens is 1. The van der Waals surface area contributed by atoms with E-state index < -0.39 is 5.82 Å². The van der Waals surface area contributed by atoms with Gasteiger partial charge in [-0.3, -0.25) is 4.79 Å². The monoisotopic (exact) mass is 368 g/mol. The second-order valence-electron chi connectivity index (χ2n) is 6.45. The Balaban J connectivity index is 1.44. The molecular formula is C17H22ClFN4O2+2. The number of benzene rings is 1. The van der Waals surface area contributed by atoms with Crippen LogP contribution in [-0.4, -0.2) is 43.8 Å². The van der Waals surface area contributed by atoms with Crippen molar-refractivity contribution >= 4 is 23.2 Å². The number of carbonyl (C=O) groups excluding carboxylic acids is 1. The van der Waals surface area contributed by atoms with Gasteiger partial charge in [0.15, 0.2) is 6.54 Å². The number of nitrogens with one attached hydrogen (secondary N) is 3. The van der Waals surface area contributed by atoms with Gasteiger partial charge in [-0.2, -0.15) is 0 Å². The van der Waals surface area contributed by atoms with Crippen LogP contribution in [0.1, 0.15) is 11.5 Å². The molecule has 1 aliphatic rings. The number of nitrogens with zero attached hydrogens (tertiary/aromatic N) is 1. The number of halogens is 2. The van der Waals surface area contributed by atoms with Gasteiger partial charge in [-0.05, 0) is 25.1 Å². The van der Waals surface area contributed by atoms with Crippen LogP contribution in [0.25, 0.3) is 0 Å². The lowest BCUT2D eigenvalue weighted by Crippen LogP contribution is -3.28. The predicted molar refractivity (Wildman–Crippen MR) is 91.2 cm³/mol. The Hall–Kier alpha value is -1.96. The smallest absolute Gasteiger partial charge is 0.279 e. The summed E-state index contributed by atoms with van der Waals surface area (Å²) in [6.07, 6.45) is 0. The first-order chi connectivity index (χ1) is 12.0. The molecule has 134 valence electrons. The quantitative estimate of drug-likeness (QED) is 0.679. The number of hydrogen-bond acceptors (Lipinski definition) is 3. The Kier molecular flexibility index (Phi) is 5.67. The zero-order valence-electron chi connectivity index (χ0n) is 14.1. The number of carbonyl (C=O) groups is 1. The Morgan fingerprint density at radius 1 is 1.28 bits per heavy atom. The number of amides is 1. The Bertz CT molecular complexity index is 744. The van der Waals surface area contributed by atoms with Crippen molar-refractivity contribution in [3.8, 4) is 0 Å². The maximum absolute atomic E-state index is 13.7. The highest BCUT2D eigenvalue weighted by molar-refractivity contribution is 6.30. The first-order valence-corrected chi connectivity index (χ1v) is 8.71. The summed E-state index contributed by atoms with van der Waals surface area (Å²) in [6, 6.07) is 6.19. The molecule has 6 nitrogen and oxygen atoms in total. The zero-order chi connectivity index (χ0) is 17.8. The molecule has 2 heterocycles. The van der Waals surface area contributed by atoms with Crippen LogP contribution in [0.3, 0.4) is 0 Å². The summed E-state index contributed by atoms with van der Waals surface area (Å²) in [4.78, 5) is 14.8. The van der Waals surface area contributed by atoms with Gasteiger partial charge in [-0.1, -0.05) is 16.8 Å². The van der Waals surface area contributed by atoms with Crippen LogP contribution in [0.15, 0.2) is 28.8 Å². The maximum Gasteiger partial charge on any atom is 0.279 e. The van der Waals surface area contributed by atoms with E-state index in [1.54, 1.807) is 6.07 Å². The number of rotatable bonds is 5. The van der Waals surface area contributed by atoms with Crippen molar-refractivity contribution in [2.75, 3.05) is 38.0 Å². The van der Waals surface area contributed by atoms with Crippen molar-refractivity contribution < 1.29 is 23.5 Å². The van der Waals surface area contributed by atoms with Crippen molar-refractivity contribution in [3.63, 3.8) is 0 Å². The molecule has 0 radical (unpaired) electrons. The first kappa shape index (κ1) is 17.8. The van der Waals surface area contributed by atoms with Crippen LogP contribution < -0.4 is 15.1 Å². The third-order valence-electron chi connectivity index (χ3n) is 4.39. The van der Waals surface area contributed by atoms with Gasteiger partial charge < -0.3 is 19.6 Å². The van der Waals surface area contributed by atoms with E-state index in [2.05, 4.69) is 10.5 Å². The molecule has 1 amide bonds. The molecule has 0 atom stereocenters. The van der Waals surface area contributed by atoms with Crippen molar-refractivity contribution in [1.29, 1.82) is 0 Å². The molecule has 1 aromatic heterocycles. The van der Waals surface area contributed by atoms with Crippen LogP contribution in [0.2, 0.25) is 5.02 Å². The summed E-state index contributed by atoms with van der Waals surface area (Å²) >= 11 is 5.71. The highest BCUT2D eigenvalue weighted by Gasteiger charge is 2.25. The number of anilines is 1. The van der Waals surface area contributed by atoms with Gasteiger partial charge in [0.1, 0.15) is 50.0 Å². The van der Waals surface area contributed by atoms with E-state index in [9.17, 15) is 9.18 Å². The van der Waals surface area contributed by atoms with E-state index in [0.717, 1.165) is 44.2 Å². The second kappa shape index (κ2) is 7.95. The van der Waals surface area contributed by atoms with E-state index in [4.69, 9.17) is 16.1 Å². The van der Waals surface area contributed by atoms with E-state index in [1.165, 1.54) is 21.9 Å². The molecule has 0 unspecified atom stereocenters. The van der Waals surface area contributed by atoms with Gasteiger partial charge in [0.25, 0.3) is 5.91 Å². The molecule has 1 aromatic carbocycles. The van der Waals surface area contributed by atoms with Gasteiger partial charge in [0.05, 0.1) is 5.69 Å². The van der Waals surface area contributed by atoms with E-state index in [1.807, 2.05) is 13.0 Å². The Morgan fingerprint density at radius 3 is 2.64 bits per heavy atom. The van der Waals surface area contributed by atoms with Crippen LogP contribution in [0, 0.1) is 12.7 Å². The van der Waals surface area contributed by atoms with Gasteiger partial charge >= 0.3 is 0 Å². The molecular weight excluding hydrogens is 347 g/mol. The van der Waals surface area contributed by atoms with Crippen LogP contribution in [-0.2, 0) is 11.3 Å². The fraction of sp³-hybridized carbons (Fsp3) is 0.412. The first-order valence-electron chi connectivity index (χ1n) is 8.34. The average molecular weight is 369 g/mol. The van der Waals surface area contributed by atoms with Crippen molar-refractivity contribution in [1.82, 2.24) is 5.16 Å². The van der Waals surface area contributed by atoms with Crippen LogP contribution in [0.4, 0.5) is 10.1 Å². The number of aryl methyl sites for hydroxylation is 1. The molecule has 2 aromatic rings. The van der Waals surface area contributed by atoms with E-state index in [-0.39, 0.29) is 11.6 Å². The molecule has 0 saturated carbocycles. The predicted octanol–water partition coefficient (Wildman–Crippen LogP) is -0.302. The van der Waals surface area contributed by atoms with E-state index in [0.29, 0.717) is 11.6 Å². The van der Waals surface area contributed by atoms with Gasteiger partial charge in [0, 0.05) is 11.1 Å². The molecule has 1 fully saturated rings. The maximum atomic E-state index is 13.7. The fourth-order valence-corrected chi connectivity index (χ4v) is 3.24. The average Bonchev–Trinajstić information content (AvgIpc) is 2.97. The molecule has 8 heteroatoms. The number of quaternary nitrogens is 2. The topological polar surface area (TPSA) is 64.0 Å². The normalized spacial score (nSPS) is 20.4. The molecule has 0 spiro atoms. The van der Waals surface area contributed by atoms with Crippen LogP contribution in [0.5, 0.6) is 0 Å². The summed E-state index contributed by atoms with van der Waals surface area (Å²) in [5.41, 5.74) is 1.13. The van der Waals surface area contributed by atoms with Gasteiger partial charge in [-0.15, -0.1) is 0 Å². The van der Waals surface area contributed by atoms with Crippen molar-refractivity contribution in [3.05, 3.63) is 46.6 Å².